The number of hydrogen-bond donors (Lipinski definition) is 2. The molecule has 37 heavy (non-hydrogen) atoms. The number of benzene rings is 2. The number of allylic oxidation sites excluding steroid dienone is 1. The highest BCUT2D eigenvalue weighted by Crippen LogP contribution is 2.33. The Morgan fingerprint density at radius 3 is 2.41 bits per heavy atom. The first-order valence-corrected chi connectivity index (χ1v) is 13.8. The summed E-state index contributed by atoms with van der Waals surface area (Å²) in [6.07, 6.45) is 6.21. The topological polar surface area (TPSA) is 59.0 Å². The lowest BCUT2D eigenvalue weighted by atomic mass is 9.89. The normalized spacial score (nSPS) is 12.7. The van der Waals surface area contributed by atoms with Crippen molar-refractivity contribution in [2.24, 2.45) is 11.8 Å². The highest BCUT2D eigenvalue weighted by molar-refractivity contribution is 6.35. The summed E-state index contributed by atoms with van der Waals surface area (Å²) in [5.74, 6) is 1.28. The molecule has 3 rings (SSSR count). The van der Waals surface area contributed by atoms with E-state index in [1.54, 1.807) is 16.8 Å². The van der Waals surface area contributed by atoms with E-state index in [-0.39, 0.29) is 12.6 Å². The maximum atomic E-state index is 12.5. The molecule has 2 atom stereocenters. The van der Waals surface area contributed by atoms with Crippen LogP contribution in [-0.2, 0) is 6.54 Å². The summed E-state index contributed by atoms with van der Waals surface area (Å²) < 4.78 is 1.79. The first-order chi connectivity index (χ1) is 17.7. The summed E-state index contributed by atoms with van der Waals surface area (Å²) in [5, 5.41) is 12.4. The van der Waals surface area contributed by atoms with Crippen LogP contribution in [-0.4, -0.2) is 22.4 Å². The smallest absolute Gasteiger partial charge is 0.315 e. The molecular weight excluding hydrogens is 527 g/mol. The lowest BCUT2D eigenvalue weighted by Crippen LogP contribution is -2.35. The van der Waals surface area contributed by atoms with Crippen LogP contribution in [0, 0.1) is 18.8 Å². The van der Waals surface area contributed by atoms with Crippen molar-refractivity contribution in [3.05, 3.63) is 81.4 Å². The fourth-order valence-corrected chi connectivity index (χ4v) is 4.90. The number of unbranched alkanes of at least 4 members (excludes halogenated alkanes) is 1. The van der Waals surface area contributed by atoms with E-state index in [9.17, 15) is 4.79 Å². The number of urea groups is 1. The summed E-state index contributed by atoms with van der Waals surface area (Å²) in [6, 6.07) is 12.6. The van der Waals surface area contributed by atoms with Crippen LogP contribution in [0.1, 0.15) is 50.8 Å². The van der Waals surface area contributed by atoms with E-state index in [1.165, 1.54) is 0 Å². The molecule has 1 aromatic heterocycles. The molecule has 0 fully saturated rings. The molecule has 0 aliphatic carbocycles. The monoisotopic (exact) mass is 560 g/mol. The second-order valence-corrected chi connectivity index (χ2v) is 10.8. The molecule has 0 aliphatic rings. The lowest BCUT2D eigenvalue weighted by Gasteiger charge is -2.18. The van der Waals surface area contributed by atoms with Gasteiger partial charge >= 0.3 is 6.03 Å². The van der Waals surface area contributed by atoms with Crippen molar-refractivity contribution in [3.63, 3.8) is 0 Å². The maximum Gasteiger partial charge on any atom is 0.315 e. The first kappa shape index (κ1) is 29.1. The van der Waals surface area contributed by atoms with Gasteiger partial charge in [-0.3, -0.25) is 0 Å². The number of nitrogens with zero attached hydrogens (tertiary/aromatic N) is 2. The standard InChI is InChI=1S/C29H35Cl3N4O/c1-5-8-19(2)20(3)9-6-7-16-33-29(37)34-18-26-21(4)28(22-10-12-23(30)13-11-22)36(35-26)27-15-14-24(31)17-25(27)32/h5,10-15,17,19-20H,1,6-9,16,18H2,2-4H3,(H2,33,34,37). The molecule has 198 valence electrons. The Kier molecular flexibility index (Phi) is 10.9. The number of nitrogens with one attached hydrogen (secondary N) is 2. The highest BCUT2D eigenvalue weighted by atomic mass is 35.5. The third-order valence-electron chi connectivity index (χ3n) is 6.77. The van der Waals surface area contributed by atoms with Gasteiger partial charge in [0.25, 0.3) is 0 Å². The van der Waals surface area contributed by atoms with Gasteiger partial charge in [0.2, 0.25) is 0 Å². The van der Waals surface area contributed by atoms with Gasteiger partial charge < -0.3 is 10.6 Å². The molecule has 3 aromatic rings. The van der Waals surface area contributed by atoms with Gasteiger partial charge in [0, 0.05) is 27.7 Å². The van der Waals surface area contributed by atoms with Gasteiger partial charge in [-0.15, -0.1) is 6.58 Å². The Morgan fingerprint density at radius 1 is 1.03 bits per heavy atom. The summed E-state index contributed by atoms with van der Waals surface area (Å²) in [7, 11) is 0. The van der Waals surface area contributed by atoms with E-state index < -0.39 is 0 Å². The quantitative estimate of drug-likeness (QED) is 0.172. The van der Waals surface area contributed by atoms with Crippen molar-refractivity contribution in [1.29, 1.82) is 0 Å². The van der Waals surface area contributed by atoms with Gasteiger partial charge in [-0.1, -0.05) is 79.7 Å². The maximum absolute atomic E-state index is 12.5. The minimum absolute atomic E-state index is 0.209. The van der Waals surface area contributed by atoms with Crippen molar-refractivity contribution in [2.75, 3.05) is 6.54 Å². The summed E-state index contributed by atoms with van der Waals surface area (Å²) in [4.78, 5) is 12.5. The SMILES string of the molecule is C=CCC(C)C(C)CCCCNC(=O)NCc1nn(-c2ccc(Cl)cc2Cl)c(-c2ccc(Cl)cc2)c1C. The largest absolute Gasteiger partial charge is 0.338 e. The lowest BCUT2D eigenvalue weighted by molar-refractivity contribution is 0.240. The fraction of sp³-hybridized carbons (Fsp3) is 0.379. The molecule has 0 saturated carbocycles. The average Bonchev–Trinajstić information content (AvgIpc) is 3.18. The number of aromatic nitrogens is 2. The third kappa shape index (κ3) is 8.00. The zero-order valence-electron chi connectivity index (χ0n) is 21.7. The van der Waals surface area contributed by atoms with E-state index in [4.69, 9.17) is 39.9 Å². The Hall–Kier alpha value is -2.47. The predicted molar refractivity (Wildman–Crippen MR) is 156 cm³/mol. The molecule has 2 aromatic carbocycles. The van der Waals surface area contributed by atoms with Crippen molar-refractivity contribution >= 4 is 40.8 Å². The number of carbonyl (C=O) groups is 1. The van der Waals surface area contributed by atoms with E-state index in [0.717, 1.165) is 48.2 Å². The molecule has 2 amide bonds. The highest BCUT2D eigenvalue weighted by Gasteiger charge is 2.19. The van der Waals surface area contributed by atoms with Gasteiger partial charge in [-0.2, -0.15) is 5.10 Å². The minimum atomic E-state index is -0.209. The Labute approximate surface area is 235 Å². The minimum Gasteiger partial charge on any atom is -0.338 e. The molecule has 0 bridgehead atoms. The molecule has 8 heteroatoms. The van der Waals surface area contributed by atoms with Crippen LogP contribution >= 0.6 is 34.8 Å². The molecule has 1 heterocycles. The fourth-order valence-electron chi connectivity index (χ4n) is 4.28. The average molecular weight is 562 g/mol. The summed E-state index contributed by atoms with van der Waals surface area (Å²) in [5.41, 5.74) is 4.20. The van der Waals surface area contributed by atoms with Crippen LogP contribution in [0.15, 0.2) is 55.1 Å². The number of amides is 2. The van der Waals surface area contributed by atoms with Crippen LogP contribution in [0.2, 0.25) is 15.1 Å². The third-order valence-corrected chi connectivity index (χ3v) is 7.56. The van der Waals surface area contributed by atoms with Gasteiger partial charge in [-0.05, 0) is 61.9 Å². The first-order valence-electron chi connectivity index (χ1n) is 12.6. The summed E-state index contributed by atoms with van der Waals surface area (Å²) in [6.45, 7) is 11.3. The van der Waals surface area contributed by atoms with Crippen LogP contribution in [0.5, 0.6) is 0 Å². The van der Waals surface area contributed by atoms with E-state index in [0.29, 0.717) is 39.1 Å². The molecule has 0 aliphatic heterocycles. The number of halogens is 3. The number of carbonyl (C=O) groups excluding carboxylic acids is 1. The van der Waals surface area contributed by atoms with Crippen LogP contribution in [0.25, 0.3) is 16.9 Å². The molecule has 5 nitrogen and oxygen atoms in total. The van der Waals surface area contributed by atoms with E-state index in [1.807, 2.05) is 43.3 Å². The Balaban J connectivity index is 1.65. The van der Waals surface area contributed by atoms with Gasteiger partial charge in [0.1, 0.15) is 0 Å². The molecule has 2 unspecified atom stereocenters. The van der Waals surface area contributed by atoms with Crippen molar-refractivity contribution in [3.8, 4) is 16.9 Å². The van der Waals surface area contributed by atoms with E-state index >= 15 is 0 Å². The molecule has 2 N–H and O–H groups in total. The van der Waals surface area contributed by atoms with Crippen LogP contribution in [0.4, 0.5) is 4.79 Å². The zero-order chi connectivity index (χ0) is 26.9. The predicted octanol–water partition coefficient (Wildman–Crippen LogP) is 8.63. The van der Waals surface area contributed by atoms with Gasteiger partial charge in [0.05, 0.1) is 28.6 Å². The second kappa shape index (κ2) is 13.9. The van der Waals surface area contributed by atoms with Gasteiger partial charge in [0.15, 0.2) is 0 Å². The second-order valence-electron chi connectivity index (χ2n) is 9.52. The van der Waals surface area contributed by atoms with Crippen molar-refractivity contribution in [2.45, 2.75) is 53.0 Å². The number of hydrogen-bond acceptors (Lipinski definition) is 2. The molecule has 0 saturated heterocycles. The van der Waals surface area contributed by atoms with Gasteiger partial charge in [-0.25, -0.2) is 9.48 Å². The van der Waals surface area contributed by atoms with E-state index in [2.05, 4.69) is 31.1 Å². The van der Waals surface area contributed by atoms with Crippen LogP contribution < -0.4 is 10.6 Å². The van der Waals surface area contributed by atoms with Crippen molar-refractivity contribution < 1.29 is 4.79 Å². The molecule has 0 radical (unpaired) electrons. The molecule has 0 spiro atoms. The summed E-state index contributed by atoms with van der Waals surface area (Å²) >= 11 is 18.8. The molecular formula is C29H35Cl3N4O. The van der Waals surface area contributed by atoms with Crippen molar-refractivity contribution in [1.82, 2.24) is 20.4 Å². The van der Waals surface area contributed by atoms with Crippen LogP contribution in [0.3, 0.4) is 0 Å². The number of rotatable bonds is 12. The Bertz CT molecular complexity index is 1210. The zero-order valence-corrected chi connectivity index (χ0v) is 23.9. The Morgan fingerprint density at radius 2 is 1.73 bits per heavy atom.